The fourth-order valence-corrected chi connectivity index (χ4v) is 2.76. The molecule has 100 valence electrons. The first-order valence-corrected chi connectivity index (χ1v) is 6.97. The number of imidazole rings is 1. The number of nitrogens with zero attached hydrogens (tertiary/aromatic N) is 1. The van der Waals surface area contributed by atoms with E-state index in [9.17, 15) is 5.11 Å². The van der Waals surface area contributed by atoms with Crippen LogP contribution in [0.3, 0.4) is 0 Å². The van der Waals surface area contributed by atoms with Crippen molar-refractivity contribution in [2.45, 2.75) is 18.3 Å². The Labute approximate surface area is 117 Å². The first-order valence-electron chi connectivity index (χ1n) is 6.97. The van der Waals surface area contributed by atoms with Gasteiger partial charge in [-0.2, -0.15) is 0 Å². The predicted octanol–water partition coefficient (Wildman–Crippen LogP) is 3.25. The lowest BCUT2D eigenvalue weighted by atomic mass is 9.97. The predicted molar refractivity (Wildman–Crippen MR) is 79.5 cm³/mol. The number of aromatic amines is 1. The Morgan fingerprint density at radius 3 is 2.60 bits per heavy atom. The lowest BCUT2D eigenvalue weighted by Gasteiger charge is -2.11. The van der Waals surface area contributed by atoms with Crippen LogP contribution in [-0.4, -0.2) is 21.7 Å². The Hall–Kier alpha value is -2.13. The van der Waals surface area contributed by atoms with E-state index in [2.05, 4.69) is 34.2 Å². The third-order valence-corrected chi connectivity index (χ3v) is 4.30. The first kappa shape index (κ1) is 11.7. The topological polar surface area (TPSA) is 48.9 Å². The Kier molecular flexibility index (Phi) is 2.44. The van der Waals surface area contributed by atoms with Crippen LogP contribution in [-0.2, 0) is 5.41 Å². The summed E-state index contributed by atoms with van der Waals surface area (Å²) in [6, 6.07) is 16.4. The maximum absolute atomic E-state index is 9.54. The van der Waals surface area contributed by atoms with E-state index < -0.39 is 0 Å². The standard InChI is InChI=1S/C17H16N2O/c20-11-17(8-9-17)13-6-7-14-15(10-13)19-16(18-14)12-4-2-1-3-5-12/h1-7,10,20H,8-9,11H2,(H,18,19). The minimum Gasteiger partial charge on any atom is -0.395 e. The van der Waals surface area contributed by atoms with E-state index in [-0.39, 0.29) is 12.0 Å². The van der Waals surface area contributed by atoms with Gasteiger partial charge in [0.05, 0.1) is 17.6 Å². The fourth-order valence-electron chi connectivity index (χ4n) is 2.76. The number of aliphatic hydroxyl groups excluding tert-OH is 1. The van der Waals surface area contributed by atoms with E-state index in [1.807, 2.05) is 24.3 Å². The average Bonchev–Trinajstić information content (AvgIpc) is 3.20. The van der Waals surface area contributed by atoms with Crippen LogP contribution in [0.5, 0.6) is 0 Å². The minimum atomic E-state index is 0.00616. The molecule has 1 aromatic heterocycles. The van der Waals surface area contributed by atoms with Crippen molar-refractivity contribution < 1.29 is 5.11 Å². The Balaban J connectivity index is 1.80. The highest BCUT2D eigenvalue weighted by Crippen LogP contribution is 2.48. The second-order valence-corrected chi connectivity index (χ2v) is 5.62. The van der Waals surface area contributed by atoms with Gasteiger partial charge >= 0.3 is 0 Å². The molecule has 3 aromatic rings. The summed E-state index contributed by atoms with van der Waals surface area (Å²) in [5, 5.41) is 9.54. The van der Waals surface area contributed by atoms with Crippen molar-refractivity contribution in [3.8, 4) is 11.4 Å². The van der Waals surface area contributed by atoms with Crippen LogP contribution < -0.4 is 0 Å². The van der Waals surface area contributed by atoms with Crippen LogP contribution in [0.4, 0.5) is 0 Å². The molecule has 1 aliphatic carbocycles. The van der Waals surface area contributed by atoms with Crippen LogP contribution in [0.25, 0.3) is 22.4 Å². The zero-order chi connectivity index (χ0) is 13.6. The molecular formula is C17H16N2O. The number of fused-ring (bicyclic) bond motifs is 1. The van der Waals surface area contributed by atoms with E-state index in [0.29, 0.717) is 0 Å². The smallest absolute Gasteiger partial charge is 0.138 e. The van der Waals surface area contributed by atoms with E-state index in [1.165, 1.54) is 5.56 Å². The molecule has 0 unspecified atom stereocenters. The molecule has 2 aromatic carbocycles. The minimum absolute atomic E-state index is 0.00616. The molecular weight excluding hydrogens is 248 g/mol. The molecule has 1 aliphatic rings. The number of aromatic nitrogens is 2. The molecule has 0 amide bonds. The van der Waals surface area contributed by atoms with Crippen molar-refractivity contribution >= 4 is 11.0 Å². The van der Waals surface area contributed by atoms with Gasteiger partial charge in [0.25, 0.3) is 0 Å². The Morgan fingerprint density at radius 1 is 1.10 bits per heavy atom. The van der Waals surface area contributed by atoms with Crippen molar-refractivity contribution in [2.24, 2.45) is 0 Å². The highest BCUT2D eigenvalue weighted by atomic mass is 16.3. The zero-order valence-electron chi connectivity index (χ0n) is 11.1. The molecule has 0 atom stereocenters. The van der Waals surface area contributed by atoms with Crippen molar-refractivity contribution in [2.75, 3.05) is 6.61 Å². The Bertz CT molecular complexity index is 757. The van der Waals surface area contributed by atoms with Gasteiger partial charge in [-0.3, -0.25) is 0 Å². The van der Waals surface area contributed by atoms with E-state index in [0.717, 1.165) is 35.3 Å². The molecule has 3 heteroatoms. The monoisotopic (exact) mass is 264 g/mol. The van der Waals surface area contributed by atoms with E-state index >= 15 is 0 Å². The average molecular weight is 264 g/mol. The molecule has 0 saturated heterocycles. The van der Waals surface area contributed by atoms with Gasteiger partial charge in [-0.1, -0.05) is 36.4 Å². The van der Waals surface area contributed by atoms with Gasteiger partial charge < -0.3 is 10.1 Å². The fraction of sp³-hybridized carbons (Fsp3) is 0.235. The highest BCUT2D eigenvalue weighted by molar-refractivity contribution is 5.80. The summed E-state index contributed by atoms with van der Waals surface area (Å²) in [6.07, 6.45) is 2.16. The summed E-state index contributed by atoms with van der Waals surface area (Å²) in [5.41, 5.74) is 4.33. The van der Waals surface area contributed by atoms with Crippen LogP contribution in [0, 0.1) is 0 Å². The largest absolute Gasteiger partial charge is 0.395 e. The summed E-state index contributed by atoms with van der Waals surface area (Å²) in [5.74, 6) is 0.895. The van der Waals surface area contributed by atoms with Gasteiger partial charge in [0.2, 0.25) is 0 Å². The van der Waals surface area contributed by atoms with Gasteiger partial charge in [-0.05, 0) is 30.5 Å². The number of aliphatic hydroxyl groups is 1. The third kappa shape index (κ3) is 1.74. The van der Waals surface area contributed by atoms with Crippen LogP contribution in [0.1, 0.15) is 18.4 Å². The Morgan fingerprint density at radius 2 is 1.90 bits per heavy atom. The molecule has 0 radical (unpaired) electrons. The second kappa shape index (κ2) is 4.18. The molecule has 0 spiro atoms. The number of benzene rings is 2. The van der Waals surface area contributed by atoms with Crippen molar-refractivity contribution in [3.63, 3.8) is 0 Å². The quantitative estimate of drug-likeness (QED) is 0.763. The number of nitrogens with one attached hydrogen (secondary N) is 1. The number of hydrogen-bond donors (Lipinski definition) is 2. The summed E-state index contributed by atoms with van der Waals surface area (Å²) in [6.45, 7) is 0.234. The van der Waals surface area contributed by atoms with Crippen molar-refractivity contribution in [1.29, 1.82) is 0 Å². The molecule has 0 aliphatic heterocycles. The van der Waals surface area contributed by atoms with E-state index in [1.54, 1.807) is 0 Å². The van der Waals surface area contributed by atoms with Gasteiger partial charge in [-0.15, -0.1) is 0 Å². The summed E-state index contributed by atoms with van der Waals surface area (Å²) >= 11 is 0. The molecule has 1 fully saturated rings. The molecule has 4 rings (SSSR count). The van der Waals surface area contributed by atoms with Gasteiger partial charge in [0.1, 0.15) is 5.82 Å². The van der Waals surface area contributed by atoms with Crippen LogP contribution >= 0.6 is 0 Å². The summed E-state index contributed by atoms with van der Waals surface area (Å²) in [4.78, 5) is 8.02. The first-order chi connectivity index (χ1) is 9.81. The summed E-state index contributed by atoms with van der Waals surface area (Å²) < 4.78 is 0. The number of hydrogen-bond acceptors (Lipinski definition) is 2. The van der Waals surface area contributed by atoms with Gasteiger partial charge in [0.15, 0.2) is 0 Å². The summed E-state index contributed by atoms with van der Waals surface area (Å²) in [7, 11) is 0. The molecule has 1 saturated carbocycles. The molecule has 0 bridgehead atoms. The maximum Gasteiger partial charge on any atom is 0.138 e. The lowest BCUT2D eigenvalue weighted by molar-refractivity contribution is 0.255. The maximum atomic E-state index is 9.54. The van der Waals surface area contributed by atoms with Gasteiger partial charge in [-0.25, -0.2) is 4.98 Å². The van der Waals surface area contributed by atoms with Gasteiger partial charge in [0, 0.05) is 11.0 Å². The number of rotatable bonds is 3. The van der Waals surface area contributed by atoms with Crippen molar-refractivity contribution in [3.05, 3.63) is 54.1 Å². The zero-order valence-corrected chi connectivity index (χ0v) is 11.1. The molecule has 20 heavy (non-hydrogen) atoms. The normalized spacial score (nSPS) is 16.4. The third-order valence-electron chi connectivity index (χ3n) is 4.30. The van der Waals surface area contributed by atoms with Crippen LogP contribution in [0.2, 0.25) is 0 Å². The SMILES string of the molecule is OCC1(c2ccc3nc(-c4ccccc4)[nH]c3c2)CC1. The molecule has 2 N–H and O–H groups in total. The van der Waals surface area contributed by atoms with Crippen molar-refractivity contribution in [1.82, 2.24) is 9.97 Å². The van der Waals surface area contributed by atoms with Crippen LogP contribution in [0.15, 0.2) is 48.5 Å². The van der Waals surface area contributed by atoms with E-state index in [4.69, 9.17) is 0 Å². The highest BCUT2D eigenvalue weighted by Gasteiger charge is 2.43. The molecule has 3 nitrogen and oxygen atoms in total. The lowest BCUT2D eigenvalue weighted by Crippen LogP contribution is -2.11. The molecule has 1 heterocycles. The second-order valence-electron chi connectivity index (χ2n) is 5.62. The number of H-pyrrole nitrogens is 1.